The summed E-state index contributed by atoms with van der Waals surface area (Å²) in [6.45, 7) is 0. The van der Waals surface area contributed by atoms with Gasteiger partial charge in [0.15, 0.2) is 0 Å². The first-order valence-electron chi connectivity index (χ1n) is 7.85. The maximum atomic E-state index is 3.80. The van der Waals surface area contributed by atoms with Crippen molar-refractivity contribution >= 4 is 64.2 Å². The molecular weight excluding hydrogens is 424 g/mol. The molecule has 0 radical (unpaired) electrons. The van der Waals surface area contributed by atoms with E-state index in [0.717, 1.165) is 8.95 Å². The smallest absolute Gasteiger partial charge is 0.0260 e. The van der Waals surface area contributed by atoms with Crippen molar-refractivity contribution in [2.75, 3.05) is 0 Å². The molecule has 0 spiro atoms. The van der Waals surface area contributed by atoms with Crippen molar-refractivity contribution in [2.24, 2.45) is 0 Å². The van der Waals surface area contributed by atoms with Crippen LogP contribution in [0.2, 0.25) is 0 Å². The van der Waals surface area contributed by atoms with Gasteiger partial charge in [-0.15, -0.1) is 0 Å². The van der Waals surface area contributed by atoms with E-state index in [4.69, 9.17) is 0 Å². The summed E-state index contributed by atoms with van der Waals surface area (Å²) >= 11 is 7.51. The fourth-order valence-electron chi connectivity index (χ4n) is 3.67. The van der Waals surface area contributed by atoms with Gasteiger partial charge >= 0.3 is 0 Å². The number of halogens is 2. The SMILES string of the molecule is Brc1ccc2ccc3c(Br)cc(-c4ccccc4)c4ccc1c2c34. The summed E-state index contributed by atoms with van der Waals surface area (Å²) in [5, 5.41) is 7.78. The third-order valence-corrected chi connectivity index (χ3v) is 6.11. The van der Waals surface area contributed by atoms with Crippen molar-refractivity contribution in [3.8, 4) is 11.1 Å². The molecule has 0 aliphatic rings. The van der Waals surface area contributed by atoms with E-state index in [9.17, 15) is 0 Å². The number of hydrogen-bond acceptors (Lipinski definition) is 0. The Bertz CT molecular complexity index is 1210. The summed E-state index contributed by atoms with van der Waals surface area (Å²) < 4.78 is 2.29. The molecule has 0 unspecified atom stereocenters. The topological polar surface area (TPSA) is 0 Å². The highest BCUT2D eigenvalue weighted by atomic mass is 79.9. The van der Waals surface area contributed by atoms with Crippen LogP contribution in [0.3, 0.4) is 0 Å². The highest BCUT2D eigenvalue weighted by Gasteiger charge is 2.15. The van der Waals surface area contributed by atoms with Gasteiger partial charge in [-0.2, -0.15) is 0 Å². The van der Waals surface area contributed by atoms with Gasteiger partial charge in [-0.1, -0.05) is 92.5 Å². The predicted octanol–water partition coefficient (Wildman–Crippen LogP) is 7.78. The molecule has 0 heterocycles. The molecule has 0 saturated carbocycles. The van der Waals surface area contributed by atoms with Crippen LogP contribution in [0.5, 0.6) is 0 Å². The lowest BCUT2D eigenvalue weighted by molar-refractivity contribution is 1.65. The molecule has 0 bridgehead atoms. The van der Waals surface area contributed by atoms with Gasteiger partial charge in [-0.25, -0.2) is 0 Å². The Morgan fingerprint density at radius 3 is 2.04 bits per heavy atom. The van der Waals surface area contributed by atoms with Crippen LogP contribution in [0.4, 0.5) is 0 Å². The van der Waals surface area contributed by atoms with Crippen molar-refractivity contribution in [1.29, 1.82) is 0 Å². The summed E-state index contributed by atoms with van der Waals surface area (Å²) in [6, 6.07) is 26.1. The van der Waals surface area contributed by atoms with Gasteiger partial charge in [0.25, 0.3) is 0 Å². The molecule has 0 saturated heterocycles. The maximum Gasteiger partial charge on any atom is 0.0260 e. The number of benzene rings is 5. The van der Waals surface area contributed by atoms with Gasteiger partial charge < -0.3 is 0 Å². The molecular formula is C22H12Br2. The lowest BCUT2D eigenvalue weighted by Gasteiger charge is -2.16. The van der Waals surface area contributed by atoms with E-state index < -0.39 is 0 Å². The lowest BCUT2D eigenvalue weighted by atomic mass is 9.90. The summed E-state index contributed by atoms with van der Waals surface area (Å²) in [4.78, 5) is 0. The zero-order valence-electron chi connectivity index (χ0n) is 12.7. The number of hydrogen-bond donors (Lipinski definition) is 0. The molecule has 114 valence electrons. The van der Waals surface area contributed by atoms with E-state index in [0.29, 0.717) is 0 Å². The van der Waals surface area contributed by atoms with Crippen LogP contribution < -0.4 is 0 Å². The van der Waals surface area contributed by atoms with Crippen molar-refractivity contribution in [3.63, 3.8) is 0 Å². The van der Waals surface area contributed by atoms with E-state index in [1.54, 1.807) is 0 Å². The number of rotatable bonds is 1. The second-order valence-corrected chi connectivity index (χ2v) is 7.77. The van der Waals surface area contributed by atoms with E-state index in [-0.39, 0.29) is 0 Å². The average molecular weight is 436 g/mol. The summed E-state index contributed by atoms with van der Waals surface area (Å²) in [5.41, 5.74) is 2.51. The largest absolute Gasteiger partial charge is 0.0622 e. The van der Waals surface area contributed by atoms with Gasteiger partial charge in [0.1, 0.15) is 0 Å². The third-order valence-electron chi connectivity index (χ3n) is 4.76. The third kappa shape index (κ3) is 1.96. The van der Waals surface area contributed by atoms with Crippen molar-refractivity contribution < 1.29 is 0 Å². The zero-order chi connectivity index (χ0) is 16.3. The van der Waals surface area contributed by atoms with E-state index in [1.807, 2.05) is 0 Å². The maximum absolute atomic E-state index is 3.80. The van der Waals surface area contributed by atoms with Gasteiger partial charge in [-0.05, 0) is 55.6 Å². The van der Waals surface area contributed by atoms with Crippen LogP contribution in [-0.4, -0.2) is 0 Å². The normalized spacial score (nSPS) is 11.8. The summed E-state index contributed by atoms with van der Waals surface area (Å²) in [6.07, 6.45) is 0. The quantitative estimate of drug-likeness (QED) is 0.236. The standard InChI is InChI=1S/C22H12Br2/c23-19-11-7-14-6-8-17-20(24)12-18(13-4-2-1-3-5-13)15-9-10-16(19)21(14)22(15)17/h1-12H. The Morgan fingerprint density at radius 2 is 1.21 bits per heavy atom. The highest BCUT2D eigenvalue weighted by Crippen LogP contribution is 2.43. The highest BCUT2D eigenvalue weighted by molar-refractivity contribution is 9.11. The van der Waals surface area contributed by atoms with Gasteiger partial charge in [0, 0.05) is 8.95 Å². The fourth-order valence-corrected chi connectivity index (χ4v) is 4.70. The van der Waals surface area contributed by atoms with Gasteiger partial charge in [0.05, 0.1) is 0 Å². The summed E-state index contributed by atoms with van der Waals surface area (Å²) in [5.74, 6) is 0. The monoisotopic (exact) mass is 434 g/mol. The van der Waals surface area contributed by atoms with Crippen LogP contribution in [0.15, 0.2) is 81.7 Å². The zero-order valence-corrected chi connectivity index (χ0v) is 15.9. The minimum absolute atomic E-state index is 1.14. The van der Waals surface area contributed by atoms with Gasteiger partial charge in [-0.3, -0.25) is 0 Å². The van der Waals surface area contributed by atoms with E-state index in [1.165, 1.54) is 43.4 Å². The molecule has 5 aromatic rings. The molecule has 0 aromatic heterocycles. The van der Waals surface area contributed by atoms with Crippen LogP contribution in [0.25, 0.3) is 43.4 Å². The second-order valence-electron chi connectivity index (χ2n) is 6.07. The van der Waals surface area contributed by atoms with Crippen LogP contribution >= 0.6 is 31.9 Å². The Hall–Kier alpha value is -1.90. The molecule has 5 rings (SSSR count). The minimum atomic E-state index is 1.14. The van der Waals surface area contributed by atoms with Crippen molar-refractivity contribution in [3.05, 3.63) is 81.7 Å². The fraction of sp³-hybridized carbons (Fsp3) is 0. The summed E-state index contributed by atoms with van der Waals surface area (Å²) in [7, 11) is 0. The average Bonchev–Trinajstić information content (AvgIpc) is 2.63. The molecule has 0 amide bonds. The van der Waals surface area contributed by atoms with Crippen molar-refractivity contribution in [2.45, 2.75) is 0 Å². The first-order chi connectivity index (χ1) is 11.7. The lowest BCUT2D eigenvalue weighted by Crippen LogP contribution is -1.89. The molecule has 0 fully saturated rings. The first-order valence-corrected chi connectivity index (χ1v) is 9.43. The van der Waals surface area contributed by atoms with E-state index >= 15 is 0 Å². The molecule has 0 atom stereocenters. The Morgan fingerprint density at radius 1 is 0.542 bits per heavy atom. The Labute approximate surface area is 156 Å². The molecule has 0 nitrogen and oxygen atoms in total. The molecule has 5 aromatic carbocycles. The molecule has 24 heavy (non-hydrogen) atoms. The molecule has 0 aliphatic heterocycles. The van der Waals surface area contributed by atoms with Crippen LogP contribution in [-0.2, 0) is 0 Å². The molecule has 0 N–H and O–H groups in total. The predicted molar refractivity (Wildman–Crippen MR) is 111 cm³/mol. The second kappa shape index (κ2) is 5.30. The Balaban J connectivity index is 2.06. The minimum Gasteiger partial charge on any atom is -0.0622 e. The van der Waals surface area contributed by atoms with Crippen molar-refractivity contribution in [1.82, 2.24) is 0 Å². The van der Waals surface area contributed by atoms with Gasteiger partial charge in [0.2, 0.25) is 0 Å². The Kier molecular flexibility index (Phi) is 3.19. The molecule has 2 heteroatoms. The van der Waals surface area contributed by atoms with Crippen LogP contribution in [0.1, 0.15) is 0 Å². The van der Waals surface area contributed by atoms with Crippen LogP contribution in [0, 0.1) is 0 Å². The molecule has 0 aliphatic carbocycles. The van der Waals surface area contributed by atoms with E-state index in [2.05, 4.69) is 105 Å². The first kappa shape index (κ1) is 14.4.